The Morgan fingerprint density at radius 2 is 1.96 bits per heavy atom. The monoisotopic (exact) mass is 328 g/mol. The normalized spacial score (nSPS) is 12.8. The van der Waals surface area contributed by atoms with Crippen LogP contribution in [-0.2, 0) is 11.3 Å². The highest BCUT2D eigenvalue weighted by atomic mass is 16.6. The number of nitrogens with zero attached hydrogens (tertiary/aromatic N) is 2. The van der Waals surface area contributed by atoms with Crippen molar-refractivity contribution >= 4 is 5.97 Å². The second kappa shape index (κ2) is 6.07. The zero-order chi connectivity index (χ0) is 16.4. The highest BCUT2D eigenvalue weighted by molar-refractivity contribution is 5.85. The topological polar surface area (TPSA) is 96.8 Å². The van der Waals surface area contributed by atoms with Crippen LogP contribution in [0.5, 0.6) is 11.5 Å². The first-order valence-electron chi connectivity index (χ1n) is 7.23. The third-order valence-corrected chi connectivity index (χ3v) is 3.38. The van der Waals surface area contributed by atoms with Gasteiger partial charge in [-0.15, -0.1) is 0 Å². The number of fused-ring (bicyclic) bond motifs is 1. The van der Waals surface area contributed by atoms with Gasteiger partial charge in [-0.2, -0.15) is 0 Å². The molecule has 0 fully saturated rings. The van der Waals surface area contributed by atoms with Gasteiger partial charge in [-0.3, -0.25) is 0 Å². The van der Waals surface area contributed by atoms with Crippen LogP contribution in [0.4, 0.5) is 0 Å². The number of rotatable bonds is 4. The van der Waals surface area contributed by atoms with Gasteiger partial charge in [0.2, 0.25) is 5.76 Å². The minimum absolute atomic E-state index is 0.0329. The van der Waals surface area contributed by atoms with E-state index in [1.165, 1.54) is 12.3 Å². The summed E-state index contributed by atoms with van der Waals surface area (Å²) in [4.78, 5) is 11.7. The summed E-state index contributed by atoms with van der Waals surface area (Å²) < 4.78 is 26.1. The fourth-order valence-corrected chi connectivity index (χ4v) is 2.24. The number of esters is 1. The summed E-state index contributed by atoms with van der Waals surface area (Å²) in [6.45, 7) is 1.01. The van der Waals surface area contributed by atoms with Gasteiger partial charge in [0.15, 0.2) is 17.3 Å². The number of hydrogen-bond acceptors (Lipinski definition) is 8. The van der Waals surface area contributed by atoms with Crippen LogP contribution in [0.1, 0.15) is 16.2 Å². The highest BCUT2D eigenvalue weighted by Gasteiger charge is 2.16. The first-order chi connectivity index (χ1) is 11.8. The molecule has 8 nitrogen and oxygen atoms in total. The van der Waals surface area contributed by atoms with E-state index in [4.69, 9.17) is 23.3 Å². The number of ether oxygens (including phenoxy) is 3. The lowest BCUT2D eigenvalue weighted by Gasteiger charge is -2.18. The van der Waals surface area contributed by atoms with Crippen LogP contribution in [0.2, 0.25) is 0 Å². The molecule has 0 unspecified atom stereocenters. The molecule has 0 spiro atoms. The molecule has 24 heavy (non-hydrogen) atoms. The molecule has 3 heterocycles. The summed E-state index contributed by atoms with van der Waals surface area (Å²) in [5, 5.41) is 7.33. The van der Waals surface area contributed by atoms with E-state index in [1.54, 1.807) is 6.07 Å². The molecule has 3 aromatic rings. The van der Waals surface area contributed by atoms with Gasteiger partial charge in [0.25, 0.3) is 0 Å². The van der Waals surface area contributed by atoms with E-state index in [0.29, 0.717) is 36.2 Å². The second-order valence-electron chi connectivity index (χ2n) is 4.99. The SMILES string of the molecule is O=C(OCc1cc(-c2ccc3c(c2)OCCO3)on1)c1ccno1. The van der Waals surface area contributed by atoms with Crippen molar-refractivity contribution in [1.82, 2.24) is 10.3 Å². The zero-order valence-electron chi connectivity index (χ0n) is 12.4. The molecule has 0 saturated carbocycles. The van der Waals surface area contributed by atoms with Gasteiger partial charge in [-0.05, 0) is 18.2 Å². The van der Waals surface area contributed by atoms with E-state index in [0.717, 1.165) is 5.56 Å². The summed E-state index contributed by atoms with van der Waals surface area (Å²) in [5.74, 6) is 1.32. The van der Waals surface area contributed by atoms with Gasteiger partial charge in [-0.25, -0.2) is 4.79 Å². The van der Waals surface area contributed by atoms with Crippen LogP contribution in [0.3, 0.4) is 0 Å². The third-order valence-electron chi connectivity index (χ3n) is 3.38. The number of hydrogen-bond donors (Lipinski definition) is 0. The smallest absolute Gasteiger partial charge is 0.377 e. The maximum absolute atomic E-state index is 11.7. The molecule has 8 heteroatoms. The molecule has 0 atom stereocenters. The summed E-state index contributed by atoms with van der Waals surface area (Å²) in [5.41, 5.74) is 1.27. The third kappa shape index (κ3) is 2.81. The molecule has 122 valence electrons. The van der Waals surface area contributed by atoms with Crippen LogP contribution >= 0.6 is 0 Å². The quantitative estimate of drug-likeness (QED) is 0.674. The first kappa shape index (κ1) is 14.3. The Kier molecular flexibility index (Phi) is 3.62. The van der Waals surface area contributed by atoms with Crippen molar-refractivity contribution in [2.24, 2.45) is 0 Å². The van der Waals surface area contributed by atoms with Crippen LogP contribution in [0.25, 0.3) is 11.3 Å². The van der Waals surface area contributed by atoms with E-state index in [2.05, 4.69) is 10.3 Å². The Labute approximate surface area is 135 Å². The molecule has 0 bridgehead atoms. The molecule has 0 N–H and O–H groups in total. The van der Waals surface area contributed by atoms with Gasteiger partial charge < -0.3 is 23.3 Å². The molecule has 0 saturated heterocycles. The maximum atomic E-state index is 11.7. The molecule has 1 aliphatic rings. The van der Waals surface area contributed by atoms with Crippen molar-refractivity contribution in [2.45, 2.75) is 6.61 Å². The van der Waals surface area contributed by atoms with Crippen molar-refractivity contribution < 1.29 is 28.1 Å². The number of carbonyl (C=O) groups excluding carboxylic acids is 1. The van der Waals surface area contributed by atoms with Crippen molar-refractivity contribution in [3.8, 4) is 22.8 Å². The Morgan fingerprint density at radius 1 is 1.08 bits per heavy atom. The molecule has 0 aliphatic carbocycles. The minimum Gasteiger partial charge on any atom is -0.486 e. The maximum Gasteiger partial charge on any atom is 0.377 e. The number of aromatic nitrogens is 2. The van der Waals surface area contributed by atoms with E-state index in [-0.39, 0.29) is 12.4 Å². The molecular formula is C16H12N2O6. The summed E-state index contributed by atoms with van der Waals surface area (Å²) >= 11 is 0. The summed E-state index contributed by atoms with van der Waals surface area (Å²) in [6, 6.07) is 8.60. The van der Waals surface area contributed by atoms with Gasteiger partial charge in [0, 0.05) is 17.7 Å². The Balaban J connectivity index is 1.46. The molecular weight excluding hydrogens is 316 g/mol. The average molecular weight is 328 g/mol. The van der Waals surface area contributed by atoms with Gasteiger partial charge >= 0.3 is 5.97 Å². The van der Waals surface area contributed by atoms with Crippen molar-refractivity contribution in [1.29, 1.82) is 0 Å². The molecule has 1 aliphatic heterocycles. The first-order valence-corrected chi connectivity index (χ1v) is 7.23. The molecule has 1 aromatic carbocycles. The van der Waals surface area contributed by atoms with Crippen LogP contribution in [0, 0.1) is 0 Å². The largest absolute Gasteiger partial charge is 0.486 e. The van der Waals surface area contributed by atoms with Crippen LogP contribution in [-0.4, -0.2) is 29.5 Å². The van der Waals surface area contributed by atoms with Crippen molar-refractivity contribution in [3.63, 3.8) is 0 Å². The molecule has 4 rings (SSSR count). The lowest BCUT2D eigenvalue weighted by molar-refractivity contribution is 0.0417. The van der Waals surface area contributed by atoms with Gasteiger partial charge in [-0.1, -0.05) is 10.3 Å². The summed E-state index contributed by atoms with van der Waals surface area (Å²) in [6.07, 6.45) is 1.37. The highest BCUT2D eigenvalue weighted by Crippen LogP contribution is 2.34. The standard InChI is InChI=1S/C16H12N2O6/c19-16(13-3-4-17-23-13)22-9-11-8-14(24-18-11)10-1-2-12-15(7-10)21-6-5-20-12/h1-4,7-8H,5-6,9H2. The fraction of sp³-hybridized carbons (Fsp3) is 0.188. The van der Waals surface area contributed by atoms with Gasteiger partial charge in [0.1, 0.15) is 25.5 Å². The fourth-order valence-electron chi connectivity index (χ4n) is 2.24. The van der Waals surface area contributed by atoms with Crippen molar-refractivity contribution in [2.75, 3.05) is 13.2 Å². The van der Waals surface area contributed by atoms with Crippen LogP contribution in [0.15, 0.2) is 45.6 Å². The van der Waals surface area contributed by atoms with E-state index in [1.807, 2.05) is 18.2 Å². The lowest BCUT2D eigenvalue weighted by atomic mass is 10.1. The predicted molar refractivity (Wildman–Crippen MR) is 78.6 cm³/mol. The number of benzene rings is 1. The Hall–Kier alpha value is -3.29. The predicted octanol–water partition coefficient (Wildman–Crippen LogP) is 2.46. The van der Waals surface area contributed by atoms with Crippen molar-refractivity contribution in [3.05, 3.63) is 48.0 Å². The van der Waals surface area contributed by atoms with Crippen LogP contribution < -0.4 is 9.47 Å². The van der Waals surface area contributed by atoms with Gasteiger partial charge in [0.05, 0.1) is 6.20 Å². The molecule has 0 radical (unpaired) electrons. The Bertz CT molecular complexity index is 855. The molecule has 2 aromatic heterocycles. The Morgan fingerprint density at radius 3 is 2.79 bits per heavy atom. The second-order valence-corrected chi connectivity index (χ2v) is 4.99. The number of carbonyl (C=O) groups is 1. The average Bonchev–Trinajstić information content (AvgIpc) is 3.31. The minimum atomic E-state index is -0.614. The lowest BCUT2D eigenvalue weighted by Crippen LogP contribution is -2.15. The molecule has 0 amide bonds. The summed E-state index contributed by atoms with van der Waals surface area (Å²) in [7, 11) is 0. The zero-order valence-corrected chi connectivity index (χ0v) is 12.4. The van der Waals surface area contributed by atoms with E-state index < -0.39 is 5.97 Å². The van der Waals surface area contributed by atoms with E-state index in [9.17, 15) is 4.79 Å². The van der Waals surface area contributed by atoms with E-state index >= 15 is 0 Å².